The summed E-state index contributed by atoms with van der Waals surface area (Å²) in [5.74, 6) is -0.169. The highest BCUT2D eigenvalue weighted by atomic mass is 35.5. The molecule has 2 amide bonds. The Morgan fingerprint density at radius 2 is 1.89 bits per heavy atom. The first-order valence-electron chi connectivity index (χ1n) is 8.14. The fraction of sp³-hybridized carbons (Fsp3) is 0.111. The number of rotatable bonds is 4. The highest BCUT2D eigenvalue weighted by molar-refractivity contribution is 6.30. The van der Waals surface area contributed by atoms with Crippen LogP contribution in [0.5, 0.6) is 0 Å². The van der Waals surface area contributed by atoms with Crippen LogP contribution < -0.4 is 15.9 Å². The summed E-state index contributed by atoms with van der Waals surface area (Å²) in [7, 11) is 0. The van der Waals surface area contributed by atoms with Gasteiger partial charge in [0, 0.05) is 16.4 Å². The fourth-order valence-corrected chi connectivity index (χ4v) is 3.12. The van der Waals surface area contributed by atoms with Crippen LogP contribution in [-0.2, 0) is 17.9 Å². The van der Waals surface area contributed by atoms with Crippen molar-refractivity contribution in [2.75, 3.05) is 10.2 Å². The lowest BCUT2D eigenvalue weighted by atomic mass is 10.3. The van der Waals surface area contributed by atoms with Crippen LogP contribution in [0.2, 0.25) is 5.02 Å². The molecule has 0 fully saturated rings. The van der Waals surface area contributed by atoms with Gasteiger partial charge in [-0.1, -0.05) is 35.9 Å². The van der Waals surface area contributed by atoms with Crippen LogP contribution >= 0.6 is 11.6 Å². The summed E-state index contributed by atoms with van der Waals surface area (Å²) >= 11 is 5.90. The highest BCUT2D eigenvalue weighted by Gasteiger charge is 2.33. The molecule has 0 saturated heterocycles. The summed E-state index contributed by atoms with van der Waals surface area (Å²) in [6.45, 7) is -0.173. The molecule has 1 aliphatic rings. The number of amides is 2. The Kier molecular flexibility index (Phi) is 4.25. The molecule has 0 aliphatic carbocycles. The van der Waals surface area contributed by atoms with E-state index in [0.29, 0.717) is 22.2 Å². The summed E-state index contributed by atoms with van der Waals surface area (Å²) in [6.07, 6.45) is 0. The molecule has 0 unspecified atom stereocenters. The number of hydrogen-bond acceptors (Lipinski definition) is 4. The maximum absolute atomic E-state index is 12.8. The first-order chi connectivity index (χ1) is 13.0. The van der Waals surface area contributed by atoms with Gasteiger partial charge in [-0.15, -0.1) is 0 Å². The lowest BCUT2D eigenvalue weighted by Gasteiger charge is -2.15. The van der Waals surface area contributed by atoms with Crippen molar-refractivity contribution in [3.63, 3.8) is 0 Å². The van der Waals surface area contributed by atoms with Crippen LogP contribution in [0.3, 0.4) is 0 Å². The lowest BCUT2D eigenvalue weighted by Crippen LogP contribution is -2.36. The summed E-state index contributed by atoms with van der Waals surface area (Å²) in [6, 6.07) is 15.3. The van der Waals surface area contributed by atoms with Crippen LogP contribution in [0, 0.1) is 0 Å². The molecule has 27 heavy (non-hydrogen) atoms. The molecular weight excluding hydrogens is 370 g/mol. The summed E-state index contributed by atoms with van der Waals surface area (Å²) < 4.78 is 2.17. The van der Waals surface area contributed by atoms with Gasteiger partial charge >= 0.3 is 11.7 Å². The molecule has 0 saturated carbocycles. The van der Waals surface area contributed by atoms with E-state index in [-0.39, 0.29) is 13.1 Å². The summed E-state index contributed by atoms with van der Waals surface area (Å²) in [5.41, 5.74) is 0.543. The number of para-hydroxylation sites is 1. The Morgan fingerprint density at radius 1 is 1.11 bits per heavy atom. The molecule has 0 atom stereocenters. The molecule has 4 rings (SSSR count). The Labute approximate surface area is 158 Å². The lowest BCUT2D eigenvalue weighted by molar-refractivity contribution is -0.117. The smallest absolute Gasteiger partial charge is 0.324 e. The minimum atomic E-state index is -0.646. The van der Waals surface area contributed by atoms with Gasteiger partial charge in [0.2, 0.25) is 5.91 Å². The number of carbonyl (C=O) groups excluding carboxylic acids is 2. The van der Waals surface area contributed by atoms with E-state index < -0.39 is 17.6 Å². The predicted molar refractivity (Wildman–Crippen MR) is 100.0 cm³/mol. The van der Waals surface area contributed by atoms with Crippen LogP contribution in [0.4, 0.5) is 16.2 Å². The second-order valence-corrected chi connectivity index (χ2v) is 6.38. The third kappa shape index (κ3) is 3.22. The Hall–Kier alpha value is -3.39. The van der Waals surface area contributed by atoms with E-state index in [1.165, 1.54) is 4.90 Å². The molecule has 0 radical (unpaired) electrons. The summed E-state index contributed by atoms with van der Waals surface area (Å²) in [4.78, 5) is 42.6. The zero-order valence-electron chi connectivity index (χ0n) is 14.0. The van der Waals surface area contributed by atoms with Crippen molar-refractivity contribution < 1.29 is 9.59 Å². The molecule has 0 bridgehead atoms. The molecule has 9 heteroatoms. The van der Waals surface area contributed by atoms with Crippen molar-refractivity contribution in [1.29, 1.82) is 0 Å². The number of nitrogens with zero attached hydrogens (tertiary/aromatic N) is 4. The largest absolute Gasteiger partial charge is 0.365 e. The predicted octanol–water partition coefficient (Wildman–Crippen LogP) is 2.33. The van der Waals surface area contributed by atoms with Crippen molar-refractivity contribution in [3.8, 4) is 0 Å². The van der Waals surface area contributed by atoms with Gasteiger partial charge in [-0.2, -0.15) is 9.67 Å². The monoisotopic (exact) mass is 383 g/mol. The summed E-state index contributed by atoms with van der Waals surface area (Å²) in [5, 5.41) is 3.12. The van der Waals surface area contributed by atoms with Gasteiger partial charge in [0.05, 0.1) is 6.54 Å². The molecule has 8 nitrogen and oxygen atoms in total. The van der Waals surface area contributed by atoms with Gasteiger partial charge in [0.1, 0.15) is 6.54 Å². The molecule has 0 spiro atoms. The van der Waals surface area contributed by atoms with Crippen LogP contribution in [0.1, 0.15) is 5.82 Å². The molecule has 2 heterocycles. The van der Waals surface area contributed by atoms with E-state index in [2.05, 4.69) is 10.3 Å². The minimum Gasteiger partial charge on any atom is -0.324 e. The number of nitrogens with one attached hydrogen (secondary N) is 1. The number of benzene rings is 2. The first-order valence-corrected chi connectivity index (χ1v) is 8.52. The van der Waals surface area contributed by atoms with Crippen LogP contribution in [0.15, 0.2) is 59.4 Å². The molecule has 1 aromatic heterocycles. The third-order valence-corrected chi connectivity index (χ3v) is 4.35. The van der Waals surface area contributed by atoms with Gasteiger partial charge in [-0.25, -0.2) is 14.3 Å². The number of halogens is 1. The average molecular weight is 384 g/mol. The van der Waals surface area contributed by atoms with Gasteiger partial charge in [-0.05, 0) is 30.3 Å². The van der Waals surface area contributed by atoms with E-state index in [1.54, 1.807) is 36.4 Å². The maximum Gasteiger partial charge on any atom is 0.365 e. The van der Waals surface area contributed by atoms with Crippen molar-refractivity contribution in [3.05, 3.63) is 75.9 Å². The van der Waals surface area contributed by atoms with E-state index in [0.717, 1.165) is 9.36 Å². The van der Waals surface area contributed by atoms with Crippen LogP contribution in [0.25, 0.3) is 0 Å². The first kappa shape index (κ1) is 17.0. The number of fused-ring (bicyclic) bond motifs is 1. The van der Waals surface area contributed by atoms with Gasteiger partial charge in [0.15, 0.2) is 5.82 Å². The van der Waals surface area contributed by atoms with Crippen molar-refractivity contribution in [2.45, 2.75) is 13.1 Å². The molecule has 136 valence electrons. The molecular formula is C18H14ClN5O3. The van der Waals surface area contributed by atoms with Gasteiger partial charge in [-0.3, -0.25) is 9.69 Å². The number of anilines is 2. The molecule has 3 aromatic rings. The van der Waals surface area contributed by atoms with Crippen molar-refractivity contribution >= 4 is 34.9 Å². The zero-order valence-corrected chi connectivity index (χ0v) is 14.8. The SMILES string of the molecule is O=C(Cn1c(=O)nc2n1C(=O)N(c1ccccc1)C2)Nc1cccc(Cl)c1. The van der Waals surface area contributed by atoms with Crippen LogP contribution in [-0.4, -0.2) is 26.3 Å². The van der Waals surface area contributed by atoms with Gasteiger partial charge < -0.3 is 5.32 Å². The topological polar surface area (TPSA) is 89.2 Å². The second-order valence-electron chi connectivity index (χ2n) is 5.94. The van der Waals surface area contributed by atoms with Crippen molar-refractivity contribution in [2.24, 2.45) is 0 Å². The third-order valence-electron chi connectivity index (χ3n) is 4.11. The minimum absolute atomic E-state index is 0.168. The van der Waals surface area contributed by atoms with E-state index >= 15 is 0 Å². The highest BCUT2D eigenvalue weighted by Crippen LogP contribution is 2.22. The Balaban J connectivity index is 1.57. The van der Waals surface area contributed by atoms with E-state index in [4.69, 9.17) is 11.6 Å². The number of carbonyl (C=O) groups is 2. The standard InChI is InChI=1S/C18H14ClN5O3/c19-12-5-4-6-13(9-12)20-16(25)11-23-17(26)21-15-10-22(18(27)24(15)23)14-7-2-1-3-8-14/h1-9H,10-11H2,(H,20,25). The second kappa shape index (κ2) is 6.73. The Morgan fingerprint density at radius 3 is 2.63 bits per heavy atom. The quantitative estimate of drug-likeness (QED) is 0.748. The Bertz CT molecular complexity index is 1090. The van der Waals surface area contributed by atoms with E-state index in [1.807, 2.05) is 18.2 Å². The molecule has 1 N–H and O–H groups in total. The van der Waals surface area contributed by atoms with Crippen molar-refractivity contribution in [1.82, 2.24) is 14.3 Å². The molecule has 2 aromatic carbocycles. The maximum atomic E-state index is 12.8. The normalized spacial score (nSPS) is 12.9. The zero-order chi connectivity index (χ0) is 19.0. The van der Waals surface area contributed by atoms with E-state index in [9.17, 15) is 14.4 Å². The fourth-order valence-electron chi connectivity index (χ4n) is 2.93. The average Bonchev–Trinajstić information content (AvgIpc) is 3.12. The molecule has 1 aliphatic heterocycles. The number of hydrogen-bond donors (Lipinski definition) is 1. The number of aromatic nitrogens is 3. The van der Waals surface area contributed by atoms with Gasteiger partial charge in [0.25, 0.3) is 0 Å².